The smallest absolute Gasteiger partial charge is 0.222 e. The molecule has 2 atom stereocenters. The first-order valence-electron chi connectivity index (χ1n) is 14.0. The molecule has 40 heavy (non-hydrogen) atoms. The van der Waals surface area contributed by atoms with Crippen molar-refractivity contribution in [2.75, 3.05) is 37.4 Å². The Labute approximate surface area is 246 Å². The lowest BCUT2D eigenvalue weighted by molar-refractivity contribution is -0.144. The molecule has 6 heterocycles. The zero-order valence-electron chi connectivity index (χ0n) is 24.0. The Morgan fingerprint density at radius 3 is 2.48 bits per heavy atom. The molecular formula is C29H41N7O2S2. The lowest BCUT2D eigenvalue weighted by Crippen LogP contribution is -2.69. The summed E-state index contributed by atoms with van der Waals surface area (Å²) in [4.78, 5) is 43.0. The minimum absolute atomic E-state index is 0.284. The van der Waals surface area contributed by atoms with Gasteiger partial charge >= 0.3 is 0 Å². The first-order chi connectivity index (χ1) is 19.3. The number of pyridine rings is 1. The minimum atomic E-state index is 0.284. The Morgan fingerprint density at radius 2 is 1.93 bits per heavy atom. The number of piperazine rings is 1. The quantitative estimate of drug-likeness (QED) is 0.200. The number of fused-ring (bicyclic) bond motifs is 2. The van der Waals surface area contributed by atoms with Gasteiger partial charge in [-0.2, -0.15) is 0 Å². The minimum Gasteiger partial charge on any atom is -0.361 e. The Hall–Kier alpha value is -2.76. The van der Waals surface area contributed by atoms with Crippen molar-refractivity contribution in [2.45, 2.75) is 71.5 Å². The van der Waals surface area contributed by atoms with Crippen LogP contribution in [0.4, 0.5) is 5.82 Å². The molecule has 2 bridgehead atoms. The lowest BCUT2D eigenvalue weighted by Gasteiger charge is -2.57. The largest absolute Gasteiger partial charge is 0.361 e. The molecule has 0 spiro atoms. The van der Waals surface area contributed by atoms with Crippen LogP contribution in [0.15, 0.2) is 28.7 Å². The third kappa shape index (κ3) is 7.50. The van der Waals surface area contributed by atoms with Crippen LogP contribution < -0.4 is 5.32 Å². The molecule has 6 rings (SSSR count). The number of aliphatic imine (C=N–C) groups is 1. The Bertz CT molecular complexity index is 1180. The third-order valence-electron chi connectivity index (χ3n) is 7.79. The van der Waals surface area contributed by atoms with Crippen LogP contribution in [0, 0.1) is 20.8 Å². The maximum Gasteiger partial charge on any atom is 0.222 e. The Kier molecular flexibility index (Phi) is 10.7. The maximum atomic E-state index is 11.7. The first kappa shape index (κ1) is 30.2. The molecule has 216 valence electrons. The molecule has 0 aromatic carbocycles. The second-order valence-corrected chi connectivity index (χ2v) is 12.6. The molecule has 0 aliphatic carbocycles. The van der Waals surface area contributed by atoms with Gasteiger partial charge in [-0.3, -0.25) is 19.5 Å². The number of carbonyl (C=O) groups excluding carboxylic acids is 2. The van der Waals surface area contributed by atoms with E-state index in [0.29, 0.717) is 24.5 Å². The molecule has 2 aromatic heterocycles. The van der Waals surface area contributed by atoms with E-state index in [2.05, 4.69) is 31.9 Å². The van der Waals surface area contributed by atoms with E-state index in [1.54, 1.807) is 23.1 Å². The highest BCUT2D eigenvalue weighted by Gasteiger charge is 2.45. The van der Waals surface area contributed by atoms with Crippen molar-refractivity contribution >= 4 is 53.6 Å². The van der Waals surface area contributed by atoms with Gasteiger partial charge in [0.05, 0.1) is 27.2 Å². The number of hydrogen-bond acceptors (Lipinski definition) is 9. The number of nitrogens with one attached hydrogen (secondary N) is 1. The fraction of sp³-hybridized carbons (Fsp3) is 0.552. The summed E-state index contributed by atoms with van der Waals surface area (Å²) in [7, 11) is 0. The van der Waals surface area contributed by atoms with Crippen LogP contribution in [0.5, 0.6) is 0 Å². The SMILES string of the molecule is C=N/C(=C\SCNc1ccc(C)cn1)c1sc(C)nc1C.CCC(=O)N1CCC(N2C[C@H]3C[C@@H](C2)N3C=O)CC1. The highest BCUT2D eigenvalue weighted by atomic mass is 32.2. The van der Waals surface area contributed by atoms with Crippen LogP contribution in [0.3, 0.4) is 0 Å². The highest BCUT2D eigenvalue weighted by Crippen LogP contribution is 2.33. The maximum absolute atomic E-state index is 11.7. The van der Waals surface area contributed by atoms with Crippen LogP contribution >= 0.6 is 23.1 Å². The zero-order valence-corrected chi connectivity index (χ0v) is 25.6. The van der Waals surface area contributed by atoms with Crippen molar-refractivity contribution in [1.82, 2.24) is 24.7 Å². The number of piperidine rings is 2. The molecular weight excluding hydrogens is 543 g/mol. The molecule has 4 fully saturated rings. The summed E-state index contributed by atoms with van der Waals surface area (Å²) in [6.07, 6.45) is 6.84. The summed E-state index contributed by atoms with van der Waals surface area (Å²) >= 11 is 3.27. The van der Waals surface area contributed by atoms with Gasteiger partial charge in [0.2, 0.25) is 12.3 Å². The van der Waals surface area contributed by atoms with Gasteiger partial charge in [0.15, 0.2) is 0 Å². The van der Waals surface area contributed by atoms with Gasteiger partial charge in [0, 0.05) is 56.9 Å². The second-order valence-electron chi connectivity index (χ2n) is 10.5. The number of hydrogen-bond donors (Lipinski definition) is 1. The van der Waals surface area contributed by atoms with E-state index in [9.17, 15) is 9.59 Å². The average molecular weight is 584 g/mol. The van der Waals surface area contributed by atoms with Crippen molar-refractivity contribution in [3.05, 3.63) is 44.9 Å². The molecule has 4 aliphatic heterocycles. The highest BCUT2D eigenvalue weighted by molar-refractivity contribution is 8.02. The summed E-state index contributed by atoms with van der Waals surface area (Å²) in [5.74, 6) is 1.89. The van der Waals surface area contributed by atoms with Crippen LogP contribution in [0.1, 0.15) is 53.7 Å². The van der Waals surface area contributed by atoms with E-state index >= 15 is 0 Å². The second kappa shape index (κ2) is 14.2. The number of thiazole rings is 1. The van der Waals surface area contributed by atoms with Crippen LogP contribution in [-0.2, 0) is 9.59 Å². The molecule has 0 saturated carbocycles. The van der Waals surface area contributed by atoms with Crippen LogP contribution in [0.25, 0.3) is 5.70 Å². The van der Waals surface area contributed by atoms with Gasteiger partial charge < -0.3 is 15.1 Å². The van der Waals surface area contributed by atoms with Crippen molar-refractivity contribution in [1.29, 1.82) is 0 Å². The van der Waals surface area contributed by atoms with E-state index in [1.807, 2.05) is 61.2 Å². The van der Waals surface area contributed by atoms with Gasteiger partial charge in [0.1, 0.15) is 5.82 Å². The van der Waals surface area contributed by atoms with E-state index < -0.39 is 0 Å². The lowest BCUT2D eigenvalue weighted by atomic mass is 9.86. The van der Waals surface area contributed by atoms with Gasteiger partial charge in [-0.05, 0) is 63.8 Å². The number of amides is 2. The standard InChI is InChI=1S/C15H18N4S2.C14H23N3O2/c1-10-5-6-14(17-7-10)18-9-20-8-13(16-4)15-11(2)19-12(3)21-15;1-2-14(19)15-5-3-11(4-6-15)16-8-12-7-13(9-16)17(12)10-18/h5-8H,4,9H2,1-3H3,(H,17,18);10-13H,2-9H2,1H3/b13-8-;/t;12-,13+. The van der Waals surface area contributed by atoms with E-state index in [4.69, 9.17) is 0 Å². The number of carbonyl (C=O) groups is 2. The molecule has 0 unspecified atom stereocenters. The average Bonchev–Trinajstić information content (AvgIpc) is 3.31. The zero-order chi connectivity index (χ0) is 28.6. The van der Waals surface area contributed by atoms with Crippen LogP contribution in [-0.4, -0.2) is 93.9 Å². The number of aromatic nitrogens is 2. The Morgan fingerprint density at radius 1 is 1.20 bits per heavy atom. The van der Waals surface area contributed by atoms with Crippen LogP contribution in [0.2, 0.25) is 0 Å². The molecule has 4 saturated heterocycles. The summed E-state index contributed by atoms with van der Waals surface area (Å²) in [5, 5.41) is 6.31. The van der Waals surface area contributed by atoms with Crippen molar-refractivity contribution < 1.29 is 9.59 Å². The molecule has 2 aromatic rings. The predicted molar refractivity (Wildman–Crippen MR) is 166 cm³/mol. The number of anilines is 1. The Balaban J connectivity index is 0.000000186. The normalized spacial score (nSPS) is 21.2. The van der Waals surface area contributed by atoms with E-state index in [-0.39, 0.29) is 5.91 Å². The first-order valence-corrected chi connectivity index (χ1v) is 15.8. The van der Waals surface area contributed by atoms with Crippen molar-refractivity contribution in [2.24, 2.45) is 4.99 Å². The summed E-state index contributed by atoms with van der Waals surface area (Å²) in [5.41, 5.74) is 3.04. The fourth-order valence-electron chi connectivity index (χ4n) is 5.59. The summed E-state index contributed by atoms with van der Waals surface area (Å²) < 4.78 is 0. The number of aryl methyl sites for hydroxylation is 3. The van der Waals surface area contributed by atoms with Gasteiger partial charge in [-0.25, -0.2) is 9.97 Å². The fourth-order valence-corrected chi connectivity index (χ4v) is 7.22. The summed E-state index contributed by atoms with van der Waals surface area (Å²) in [6, 6.07) is 5.53. The molecule has 2 amide bonds. The van der Waals surface area contributed by atoms with Gasteiger partial charge in [-0.15, -0.1) is 23.1 Å². The number of thioether (sulfide) groups is 1. The number of nitrogens with zero attached hydrogens (tertiary/aromatic N) is 6. The van der Waals surface area contributed by atoms with Gasteiger partial charge in [-0.1, -0.05) is 13.0 Å². The molecule has 1 N–H and O–H groups in total. The molecule has 11 heteroatoms. The van der Waals surface area contributed by atoms with Gasteiger partial charge in [0.25, 0.3) is 0 Å². The van der Waals surface area contributed by atoms with E-state index in [0.717, 1.165) is 84.0 Å². The predicted octanol–water partition coefficient (Wildman–Crippen LogP) is 4.57. The number of rotatable bonds is 9. The molecule has 4 aliphatic rings. The summed E-state index contributed by atoms with van der Waals surface area (Å²) in [6.45, 7) is 15.5. The van der Waals surface area contributed by atoms with E-state index in [1.165, 1.54) is 6.42 Å². The number of likely N-dealkylation sites (tertiary alicyclic amines) is 1. The third-order valence-corrected chi connectivity index (χ3v) is 9.58. The topological polar surface area (TPSA) is 94.0 Å². The monoisotopic (exact) mass is 583 g/mol. The molecule has 0 radical (unpaired) electrons. The van der Waals surface area contributed by atoms with Crippen molar-refractivity contribution in [3.8, 4) is 0 Å². The molecule has 9 nitrogen and oxygen atoms in total. The van der Waals surface area contributed by atoms with Crippen molar-refractivity contribution in [3.63, 3.8) is 0 Å².